The van der Waals surface area contributed by atoms with E-state index in [1.54, 1.807) is 7.05 Å². The number of fused-ring (bicyclic) bond motifs is 1. The lowest BCUT2D eigenvalue weighted by molar-refractivity contribution is -0.153. The number of nitrogens with one attached hydrogen (secondary N) is 1. The molecule has 1 aromatic carbocycles. The lowest BCUT2D eigenvalue weighted by Crippen LogP contribution is -2.65. The molecule has 0 bridgehead atoms. The fraction of sp³-hybridized carbons (Fsp3) is 0.438. The predicted molar refractivity (Wildman–Crippen MR) is 78.3 cm³/mol. The number of hydrogen-bond acceptors (Lipinski definition) is 4. The van der Waals surface area contributed by atoms with E-state index in [0.29, 0.717) is 12.2 Å². The maximum Gasteiger partial charge on any atom is 0.233 e. The zero-order chi connectivity index (χ0) is 16.1. The Morgan fingerprint density at radius 2 is 2.27 bits per heavy atom. The first-order chi connectivity index (χ1) is 10.3. The van der Waals surface area contributed by atoms with Crippen LogP contribution in [0.15, 0.2) is 30.6 Å². The number of benzene rings is 1. The van der Waals surface area contributed by atoms with Crippen molar-refractivity contribution in [1.82, 2.24) is 10.2 Å². The smallest absolute Gasteiger partial charge is 0.233 e. The van der Waals surface area contributed by atoms with E-state index in [0.717, 1.165) is 0 Å². The third-order valence-corrected chi connectivity index (χ3v) is 4.59. The van der Waals surface area contributed by atoms with Crippen LogP contribution < -0.4 is 5.32 Å². The van der Waals surface area contributed by atoms with E-state index in [-0.39, 0.29) is 29.9 Å². The maximum absolute atomic E-state index is 14.4. The first-order valence-electron chi connectivity index (χ1n) is 7.20. The summed E-state index contributed by atoms with van der Waals surface area (Å²) >= 11 is 0. The molecule has 0 spiro atoms. The fourth-order valence-electron chi connectivity index (χ4n) is 3.31. The van der Waals surface area contributed by atoms with Gasteiger partial charge in [0.15, 0.2) is 0 Å². The molecule has 118 valence electrons. The Morgan fingerprint density at radius 1 is 1.55 bits per heavy atom. The van der Waals surface area contributed by atoms with Gasteiger partial charge in [-0.3, -0.25) is 4.79 Å². The summed E-state index contributed by atoms with van der Waals surface area (Å²) in [6.07, 6.45) is 0.377. The Bertz CT molecular complexity index is 648. The van der Waals surface area contributed by atoms with Crippen molar-refractivity contribution in [1.29, 1.82) is 0 Å². The van der Waals surface area contributed by atoms with Crippen molar-refractivity contribution in [3.63, 3.8) is 0 Å². The van der Waals surface area contributed by atoms with Gasteiger partial charge in [-0.25, -0.2) is 4.39 Å². The highest BCUT2D eigenvalue weighted by Gasteiger charge is 2.54. The summed E-state index contributed by atoms with van der Waals surface area (Å²) in [4.78, 5) is 14.1. The number of carbonyl (C=O) groups excluding carboxylic acids is 1. The quantitative estimate of drug-likeness (QED) is 0.829. The molecule has 2 saturated heterocycles. The molecule has 0 saturated carbocycles. The molecule has 2 aliphatic rings. The van der Waals surface area contributed by atoms with Gasteiger partial charge in [-0.15, -0.1) is 0 Å². The second-order valence-corrected chi connectivity index (χ2v) is 6.01. The summed E-state index contributed by atoms with van der Waals surface area (Å²) in [5, 5.41) is 12.9. The molecule has 2 heterocycles. The summed E-state index contributed by atoms with van der Waals surface area (Å²) in [5.74, 6) is -0.757. The number of amides is 1. The van der Waals surface area contributed by atoms with Crippen molar-refractivity contribution in [2.75, 3.05) is 13.7 Å². The van der Waals surface area contributed by atoms with Crippen LogP contribution in [0.5, 0.6) is 5.75 Å². The molecule has 0 unspecified atom stereocenters. The van der Waals surface area contributed by atoms with Crippen LogP contribution in [0.2, 0.25) is 0 Å². The number of nitrogens with zero attached hydrogens (tertiary/aromatic N) is 1. The number of phenols is 1. The Kier molecular flexibility index (Phi) is 3.36. The third kappa shape index (κ3) is 2.06. The average Bonchev–Trinajstić information content (AvgIpc) is 2.49. The fourth-order valence-corrected chi connectivity index (χ4v) is 3.31. The topological polar surface area (TPSA) is 61.8 Å². The molecule has 2 N–H and O–H groups in total. The van der Waals surface area contributed by atoms with Crippen LogP contribution in [0.1, 0.15) is 18.9 Å². The Labute approximate surface area is 128 Å². The maximum atomic E-state index is 14.4. The van der Waals surface area contributed by atoms with Crippen LogP contribution in [0.25, 0.3) is 0 Å². The lowest BCUT2D eigenvalue weighted by Gasteiger charge is -2.51. The van der Waals surface area contributed by atoms with Gasteiger partial charge in [-0.2, -0.15) is 0 Å². The minimum Gasteiger partial charge on any atom is -0.508 e. The van der Waals surface area contributed by atoms with Gasteiger partial charge in [-0.05, 0) is 31.5 Å². The van der Waals surface area contributed by atoms with E-state index in [1.807, 2.05) is 6.92 Å². The Morgan fingerprint density at radius 3 is 3.00 bits per heavy atom. The first-order valence-corrected chi connectivity index (χ1v) is 7.20. The van der Waals surface area contributed by atoms with Crippen LogP contribution in [0, 0.1) is 11.7 Å². The highest BCUT2D eigenvalue weighted by atomic mass is 19.1. The first kappa shape index (κ1) is 14.8. The minimum absolute atomic E-state index is 0.0538. The monoisotopic (exact) mass is 306 g/mol. The number of phenolic OH excluding ortho intramolecular Hbond substituents is 1. The molecule has 0 radical (unpaired) electrons. The third-order valence-electron chi connectivity index (χ3n) is 4.59. The van der Waals surface area contributed by atoms with E-state index in [4.69, 9.17) is 4.74 Å². The lowest BCUT2D eigenvalue weighted by atomic mass is 9.72. The summed E-state index contributed by atoms with van der Waals surface area (Å²) < 4.78 is 20.1. The predicted octanol–water partition coefficient (Wildman–Crippen LogP) is 1.68. The molecule has 3 rings (SSSR count). The van der Waals surface area contributed by atoms with E-state index in [9.17, 15) is 14.3 Å². The number of aromatic hydroxyl groups is 1. The van der Waals surface area contributed by atoms with Crippen molar-refractivity contribution in [3.05, 3.63) is 42.0 Å². The van der Waals surface area contributed by atoms with Gasteiger partial charge in [0.2, 0.25) is 5.91 Å². The zero-order valence-electron chi connectivity index (χ0n) is 12.6. The van der Waals surface area contributed by atoms with Gasteiger partial charge in [0.25, 0.3) is 0 Å². The second kappa shape index (κ2) is 4.98. The molecule has 0 aliphatic carbocycles. The normalized spacial score (nSPS) is 31.7. The molecule has 22 heavy (non-hydrogen) atoms. The molecule has 2 fully saturated rings. The van der Waals surface area contributed by atoms with Gasteiger partial charge in [0, 0.05) is 12.6 Å². The summed E-state index contributed by atoms with van der Waals surface area (Å²) in [5.41, 5.74) is -0.817. The molecule has 6 heteroatoms. The van der Waals surface area contributed by atoms with Crippen LogP contribution in [-0.4, -0.2) is 35.7 Å². The molecular formula is C16H19FN2O3. The minimum atomic E-state index is -1.05. The molecule has 5 nitrogen and oxygen atoms in total. The SMILES string of the molecule is C=C1N[C@@]2(c3cc(O)ccc3F)CO[C@@H](C)C[C@H]2C(=O)N1C. The molecular weight excluding hydrogens is 287 g/mol. The summed E-state index contributed by atoms with van der Waals surface area (Å²) in [6.45, 7) is 5.86. The van der Waals surface area contributed by atoms with Crippen molar-refractivity contribution >= 4 is 5.91 Å². The van der Waals surface area contributed by atoms with Gasteiger partial charge in [0.1, 0.15) is 22.9 Å². The average molecular weight is 306 g/mol. The summed E-state index contributed by atoms with van der Waals surface area (Å²) in [6, 6.07) is 3.82. The Hall–Kier alpha value is -2.08. The van der Waals surface area contributed by atoms with Crippen LogP contribution in [0.3, 0.4) is 0 Å². The van der Waals surface area contributed by atoms with E-state index in [1.165, 1.54) is 23.1 Å². The molecule has 1 amide bonds. The van der Waals surface area contributed by atoms with Crippen LogP contribution in [0.4, 0.5) is 4.39 Å². The van der Waals surface area contributed by atoms with E-state index < -0.39 is 17.3 Å². The van der Waals surface area contributed by atoms with Gasteiger partial charge in [0.05, 0.1) is 18.6 Å². The standard InChI is InChI=1S/C16H19FN2O3/c1-9-6-13-15(21)19(3)10(2)18-16(13,8-22-9)12-7-11(20)4-5-14(12)17/h4-5,7,9,13,18,20H,2,6,8H2,1,3H3/t9-,13-,16+/m0/s1. The van der Waals surface area contributed by atoms with Gasteiger partial charge in [-0.1, -0.05) is 6.58 Å². The second-order valence-electron chi connectivity index (χ2n) is 6.01. The van der Waals surface area contributed by atoms with E-state index >= 15 is 0 Å². The van der Waals surface area contributed by atoms with Crippen molar-refractivity contribution in [2.24, 2.45) is 5.92 Å². The molecule has 3 atom stereocenters. The Balaban J connectivity index is 2.16. The number of rotatable bonds is 1. The molecule has 0 aromatic heterocycles. The number of carbonyl (C=O) groups is 1. The highest BCUT2D eigenvalue weighted by Crippen LogP contribution is 2.44. The number of halogens is 1. The zero-order valence-corrected chi connectivity index (χ0v) is 12.6. The van der Waals surface area contributed by atoms with Crippen molar-refractivity contribution < 1.29 is 19.0 Å². The van der Waals surface area contributed by atoms with Crippen LogP contribution >= 0.6 is 0 Å². The number of hydrogen-bond donors (Lipinski definition) is 2. The summed E-state index contributed by atoms with van der Waals surface area (Å²) in [7, 11) is 1.64. The number of ether oxygens (including phenoxy) is 1. The van der Waals surface area contributed by atoms with Crippen LogP contribution in [-0.2, 0) is 15.1 Å². The van der Waals surface area contributed by atoms with E-state index in [2.05, 4.69) is 11.9 Å². The van der Waals surface area contributed by atoms with Gasteiger partial charge < -0.3 is 20.1 Å². The van der Waals surface area contributed by atoms with Gasteiger partial charge >= 0.3 is 0 Å². The van der Waals surface area contributed by atoms with Crippen molar-refractivity contribution in [3.8, 4) is 5.75 Å². The molecule has 2 aliphatic heterocycles. The largest absolute Gasteiger partial charge is 0.508 e. The van der Waals surface area contributed by atoms with Crippen molar-refractivity contribution in [2.45, 2.75) is 25.0 Å². The molecule has 1 aromatic rings. The highest BCUT2D eigenvalue weighted by molar-refractivity contribution is 5.83.